The molecule has 2 aromatic rings. The van der Waals surface area contributed by atoms with Crippen LogP contribution >= 0.6 is 34.9 Å². The summed E-state index contributed by atoms with van der Waals surface area (Å²) in [6.45, 7) is 1.76. The van der Waals surface area contributed by atoms with E-state index >= 15 is 0 Å². The van der Waals surface area contributed by atoms with Crippen LogP contribution in [0.4, 0.5) is 9.93 Å². The number of β-lactam (4-membered cyclic amide) rings is 1. The van der Waals surface area contributed by atoms with Gasteiger partial charge in [-0.15, -0.1) is 40.4 Å². The number of methoxy groups -OCH3 is 1. The van der Waals surface area contributed by atoms with Gasteiger partial charge in [0, 0.05) is 28.7 Å². The van der Waals surface area contributed by atoms with Crippen LogP contribution in [0.25, 0.3) is 0 Å². The minimum Gasteiger partial charge on any atom is -0.504 e. The molecule has 1 fully saturated rings. The number of aliphatic carboxylic acids is 1. The molecule has 0 radical (unpaired) electrons. The zero-order chi connectivity index (χ0) is 37.5. The number of hydrazine groups is 2. The summed E-state index contributed by atoms with van der Waals surface area (Å²) in [6, 6.07) is 1.64. The van der Waals surface area contributed by atoms with Crippen LogP contribution < -0.4 is 16.6 Å². The van der Waals surface area contributed by atoms with Crippen molar-refractivity contribution < 1.29 is 52.5 Å². The van der Waals surface area contributed by atoms with E-state index in [9.17, 15) is 42.9 Å². The number of oxime groups is 1. The second-order valence-corrected chi connectivity index (χ2v) is 15.9. The van der Waals surface area contributed by atoms with Crippen LogP contribution in [0.5, 0.6) is 11.5 Å². The Bertz CT molecular complexity index is 2150. The highest BCUT2D eigenvalue weighted by atomic mass is 32.2. The molecule has 0 saturated carbocycles. The number of anilines is 1. The number of nitrogen functional groups attached to an aromatic ring is 1. The lowest BCUT2D eigenvalue weighted by Crippen LogP contribution is -2.71. The molecule has 52 heavy (non-hydrogen) atoms. The van der Waals surface area contributed by atoms with Gasteiger partial charge in [-0.25, -0.2) is 33.0 Å². The van der Waals surface area contributed by atoms with Crippen LogP contribution in [0, 0.1) is 0 Å². The number of aromatic hydroxyl groups is 2. The number of carbonyl (C=O) groups excluding carboxylic acids is 3. The van der Waals surface area contributed by atoms with E-state index in [2.05, 4.69) is 26.0 Å². The molecule has 274 valence electrons. The normalized spacial score (nSPS) is 20.0. The molecule has 4 aliphatic heterocycles. The molecular formula is C28H27N9O11S4. The summed E-state index contributed by atoms with van der Waals surface area (Å²) in [5.41, 5.74) is 8.80. The SMILES string of the molecule is COC(=O)N1C=C2N=C(C)C=C(SCC3=C(C(=O)O)N4C(=O)[C@@H](NC(=O)/C(=N\OCS(=O)(=O)c5ccc(O)c(O)c5)c5csc(N)n5)[C@H]4SC3)N2N1. The number of aliphatic imine (C=N–C) groups is 1. The molecule has 7 N–H and O–H groups in total. The lowest BCUT2D eigenvalue weighted by atomic mass is 10.0. The molecule has 5 heterocycles. The van der Waals surface area contributed by atoms with Crippen LogP contribution in [0.2, 0.25) is 0 Å². The van der Waals surface area contributed by atoms with Crippen LogP contribution in [-0.2, 0) is 33.8 Å². The number of rotatable bonds is 11. The van der Waals surface area contributed by atoms with Crippen LogP contribution in [-0.4, -0.2) is 115 Å². The van der Waals surface area contributed by atoms with Crippen molar-refractivity contribution in [2.45, 2.75) is 23.2 Å². The van der Waals surface area contributed by atoms with Crippen molar-refractivity contribution in [2.75, 3.05) is 30.3 Å². The van der Waals surface area contributed by atoms with E-state index in [4.69, 9.17) is 15.3 Å². The van der Waals surface area contributed by atoms with Gasteiger partial charge in [-0.2, -0.15) is 5.01 Å². The number of nitrogens with zero attached hydrogens (tertiary/aromatic N) is 6. The van der Waals surface area contributed by atoms with Crippen molar-refractivity contribution in [3.05, 3.63) is 63.7 Å². The zero-order valence-corrected chi connectivity index (χ0v) is 30.0. The van der Waals surface area contributed by atoms with E-state index < -0.39 is 73.2 Å². The molecule has 3 amide bonds. The highest BCUT2D eigenvalue weighted by molar-refractivity contribution is 8.03. The number of allylic oxidation sites excluding steroid dienone is 1. The van der Waals surface area contributed by atoms with Crippen molar-refractivity contribution in [1.29, 1.82) is 0 Å². The van der Waals surface area contributed by atoms with Gasteiger partial charge in [0.2, 0.25) is 15.8 Å². The van der Waals surface area contributed by atoms with Gasteiger partial charge in [0.25, 0.3) is 11.8 Å². The van der Waals surface area contributed by atoms with E-state index in [1.807, 2.05) is 0 Å². The van der Waals surface area contributed by atoms with Gasteiger partial charge in [-0.3, -0.25) is 14.5 Å². The standard InChI is InChI=1S/C28H27N9O11S4/c1-12-5-19(37-18(30-12)7-35(34-37)28(44)47-2)49-8-13-9-50-25-21(24(41)36(25)22(13)26(42)43)32-23(40)20(15-10-51-27(29)31-15)33-48-11-52(45,46)14-3-4-16(38)17(39)6-14/h3-7,10,21,25,34,38-39H,8-9,11H2,1-2H3,(H2,29,31)(H,32,40)(H,42,43)/b33-20-/t21-,25-/m1/s1. The Morgan fingerprint density at radius 3 is 2.69 bits per heavy atom. The molecule has 6 rings (SSSR count). The summed E-state index contributed by atoms with van der Waals surface area (Å²) in [5, 5.41) is 39.4. The number of sulfone groups is 1. The van der Waals surface area contributed by atoms with Crippen LogP contribution in [0.3, 0.4) is 0 Å². The molecule has 1 aromatic heterocycles. The summed E-state index contributed by atoms with van der Waals surface area (Å²) in [5.74, 6) is -4.57. The molecule has 1 saturated heterocycles. The van der Waals surface area contributed by atoms with Crippen molar-refractivity contribution >= 4 is 85.1 Å². The van der Waals surface area contributed by atoms with Crippen molar-refractivity contribution in [3.8, 4) is 11.5 Å². The van der Waals surface area contributed by atoms with Gasteiger partial charge in [0.15, 0.2) is 28.2 Å². The minimum atomic E-state index is -4.22. The number of phenols is 2. The van der Waals surface area contributed by atoms with Gasteiger partial charge in [-0.05, 0) is 30.7 Å². The Balaban J connectivity index is 1.15. The number of nitrogens with one attached hydrogen (secondary N) is 2. The molecule has 0 aliphatic carbocycles. The number of carboxylic acid groups (broad SMARTS) is 1. The fraction of sp³-hybridized carbons (Fsp3) is 0.250. The Labute approximate surface area is 306 Å². The highest BCUT2D eigenvalue weighted by Gasteiger charge is 2.54. The Kier molecular flexibility index (Phi) is 10.1. The number of amides is 3. The molecule has 0 unspecified atom stereocenters. The maximum Gasteiger partial charge on any atom is 0.429 e. The number of benzene rings is 1. The third kappa shape index (κ3) is 7.09. The first kappa shape index (κ1) is 36.5. The number of phenolic OH excluding ortho intramolecular Hbond substituents is 2. The smallest absolute Gasteiger partial charge is 0.429 e. The number of fused-ring (bicyclic) bond motifs is 2. The topological polar surface area (TPSA) is 279 Å². The van der Waals surface area contributed by atoms with Gasteiger partial charge in [0.05, 0.1) is 23.2 Å². The number of carbonyl (C=O) groups is 4. The van der Waals surface area contributed by atoms with E-state index in [0.29, 0.717) is 22.1 Å². The van der Waals surface area contributed by atoms with Gasteiger partial charge < -0.3 is 35.9 Å². The van der Waals surface area contributed by atoms with Crippen molar-refractivity contribution in [1.82, 2.24) is 30.8 Å². The first-order valence-electron chi connectivity index (χ1n) is 14.6. The average molecular weight is 794 g/mol. The molecule has 0 spiro atoms. The average Bonchev–Trinajstić information content (AvgIpc) is 3.74. The molecule has 4 aliphatic rings. The van der Waals surface area contributed by atoms with Crippen LogP contribution in [0.1, 0.15) is 12.6 Å². The number of hydrogen-bond acceptors (Lipinski definition) is 19. The largest absolute Gasteiger partial charge is 0.504 e. The summed E-state index contributed by atoms with van der Waals surface area (Å²) in [6.07, 6.45) is 2.50. The van der Waals surface area contributed by atoms with Gasteiger partial charge in [0.1, 0.15) is 22.8 Å². The third-order valence-electron chi connectivity index (χ3n) is 7.48. The fourth-order valence-electron chi connectivity index (χ4n) is 5.05. The molecule has 1 aromatic carbocycles. The predicted octanol–water partition coefficient (Wildman–Crippen LogP) is 0.679. The third-order valence-corrected chi connectivity index (χ3v) is 12.0. The number of nitrogens with two attached hydrogens (primary N) is 1. The maximum atomic E-state index is 13.5. The molecule has 0 bridgehead atoms. The van der Waals surface area contributed by atoms with E-state index in [-0.39, 0.29) is 28.0 Å². The second kappa shape index (κ2) is 14.4. The number of hydrogen-bond donors (Lipinski definition) is 6. The first-order chi connectivity index (χ1) is 24.7. The molecule has 20 nitrogen and oxygen atoms in total. The first-order valence-corrected chi connectivity index (χ1v) is 19.2. The summed E-state index contributed by atoms with van der Waals surface area (Å²) >= 11 is 3.43. The number of thiazole rings is 1. The summed E-state index contributed by atoms with van der Waals surface area (Å²) < 4.78 is 30.2. The Morgan fingerprint density at radius 1 is 1.25 bits per heavy atom. The number of thioether (sulfide) groups is 2. The lowest BCUT2D eigenvalue weighted by Gasteiger charge is -2.49. The molecular weight excluding hydrogens is 767 g/mol. The second-order valence-electron chi connectivity index (χ2n) is 10.9. The quantitative estimate of drug-likeness (QED) is 0.0790. The number of aromatic nitrogens is 1. The van der Waals surface area contributed by atoms with Gasteiger partial charge >= 0.3 is 12.1 Å². The number of ether oxygens (including phenoxy) is 1. The molecule has 2 atom stereocenters. The highest BCUT2D eigenvalue weighted by Crippen LogP contribution is 2.42. The van der Waals surface area contributed by atoms with Crippen LogP contribution in [0.15, 0.2) is 73.0 Å². The van der Waals surface area contributed by atoms with E-state index in [1.54, 1.807) is 13.0 Å². The lowest BCUT2D eigenvalue weighted by molar-refractivity contribution is -0.150. The summed E-state index contributed by atoms with van der Waals surface area (Å²) in [7, 11) is -3.00. The minimum absolute atomic E-state index is 0.0537. The predicted molar refractivity (Wildman–Crippen MR) is 187 cm³/mol. The molecule has 24 heteroatoms. The zero-order valence-electron chi connectivity index (χ0n) is 26.7. The Hall–Kier alpha value is -5.30. The number of carboxylic acids is 1. The Morgan fingerprint density at radius 2 is 2.02 bits per heavy atom. The fourth-order valence-corrected chi connectivity index (χ4v) is 9.04. The van der Waals surface area contributed by atoms with Gasteiger partial charge in [-0.1, -0.05) is 5.16 Å². The van der Waals surface area contributed by atoms with E-state index in [1.165, 1.54) is 47.2 Å². The maximum absolute atomic E-state index is 13.5. The van der Waals surface area contributed by atoms with E-state index in [0.717, 1.165) is 39.4 Å². The van der Waals surface area contributed by atoms with Crippen molar-refractivity contribution in [3.63, 3.8) is 0 Å². The van der Waals surface area contributed by atoms with Crippen molar-refractivity contribution in [2.24, 2.45) is 10.1 Å². The summed E-state index contributed by atoms with van der Waals surface area (Å²) in [4.78, 5) is 65.5. The monoisotopic (exact) mass is 793 g/mol.